The highest BCUT2D eigenvalue weighted by atomic mass is 16.6. The number of amides is 2. The van der Waals surface area contributed by atoms with Gasteiger partial charge in [0.05, 0.1) is 6.54 Å². The second kappa shape index (κ2) is 8.79. The minimum Gasteiger partial charge on any atom is -0.618 e. The smallest absolute Gasteiger partial charge is 0.405 e. The SMILES string of the molecule is Cc1ccc(NC(=O)CN(C)C(=O)[C@H](C)OC(=O)c2cccc[n+]2[O-])cc1. The van der Waals surface area contributed by atoms with Gasteiger partial charge in [-0.2, -0.15) is 4.73 Å². The highest BCUT2D eigenvalue weighted by Gasteiger charge is 2.26. The molecule has 2 rings (SSSR count). The van der Waals surface area contributed by atoms with Crippen molar-refractivity contribution in [2.24, 2.45) is 0 Å². The van der Waals surface area contributed by atoms with Crippen molar-refractivity contribution >= 4 is 23.5 Å². The number of aryl methyl sites for hydroxylation is 1. The molecule has 1 atom stereocenters. The van der Waals surface area contributed by atoms with Gasteiger partial charge < -0.3 is 20.2 Å². The van der Waals surface area contributed by atoms with E-state index in [-0.39, 0.29) is 18.1 Å². The molecule has 1 N–H and O–H groups in total. The predicted octanol–water partition coefficient (Wildman–Crippen LogP) is 1.27. The van der Waals surface area contributed by atoms with Gasteiger partial charge in [-0.15, -0.1) is 0 Å². The highest BCUT2D eigenvalue weighted by Crippen LogP contribution is 2.09. The molecule has 8 heteroatoms. The number of pyridine rings is 1. The molecule has 27 heavy (non-hydrogen) atoms. The average Bonchev–Trinajstić information content (AvgIpc) is 2.63. The van der Waals surface area contributed by atoms with Gasteiger partial charge in [0, 0.05) is 24.9 Å². The van der Waals surface area contributed by atoms with Gasteiger partial charge in [0.15, 0.2) is 12.3 Å². The van der Waals surface area contributed by atoms with E-state index in [0.29, 0.717) is 10.4 Å². The third-order valence-electron chi connectivity index (χ3n) is 3.76. The van der Waals surface area contributed by atoms with E-state index in [1.54, 1.807) is 12.1 Å². The lowest BCUT2D eigenvalue weighted by atomic mass is 10.2. The van der Waals surface area contributed by atoms with Crippen LogP contribution < -0.4 is 10.0 Å². The fraction of sp³-hybridized carbons (Fsp3) is 0.263. The number of ether oxygens (including phenoxy) is 1. The Bertz CT molecular complexity index is 835. The van der Waals surface area contributed by atoms with Crippen molar-refractivity contribution in [3.05, 3.63) is 65.1 Å². The quantitative estimate of drug-likeness (QED) is 0.468. The summed E-state index contributed by atoms with van der Waals surface area (Å²) in [5.41, 5.74) is 1.46. The molecular formula is C19H21N3O5. The van der Waals surface area contributed by atoms with Crippen LogP contribution in [0.4, 0.5) is 5.69 Å². The maximum absolute atomic E-state index is 12.3. The fourth-order valence-corrected chi connectivity index (χ4v) is 2.30. The number of hydrogen-bond donors (Lipinski definition) is 1. The maximum Gasteiger partial charge on any atom is 0.405 e. The summed E-state index contributed by atoms with van der Waals surface area (Å²) in [5.74, 6) is -1.85. The Kier molecular flexibility index (Phi) is 6.48. The van der Waals surface area contributed by atoms with Crippen molar-refractivity contribution in [1.82, 2.24) is 4.90 Å². The second-order valence-corrected chi connectivity index (χ2v) is 6.07. The van der Waals surface area contributed by atoms with Crippen molar-refractivity contribution in [3.63, 3.8) is 0 Å². The molecule has 0 bridgehead atoms. The molecular weight excluding hydrogens is 350 g/mol. The summed E-state index contributed by atoms with van der Waals surface area (Å²) in [6.07, 6.45) is 0.0137. The summed E-state index contributed by atoms with van der Waals surface area (Å²) in [6.45, 7) is 3.11. The van der Waals surface area contributed by atoms with Crippen LogP contribution >= 0.6 is 0 Å². The zero-order valence-electron chi connectivity index (χ0n) is 15.3. The molecule has 0 aliphatic carbocycles. The number of benzene rings is 1. The molecule has 0 unspecified atom stereocenters. The Hall–Kier alpha value is -3.42. The van der Waals surface area contributed by atoms with Crippen molar-refractivity contribution in [3.8, 4) is 0 Å². The first kappa shape index (κ1) is 19.9. The van der Waals surface area contributed by atoms with Crippen molar-refractivity contribution in [2.45, 2.75) is 20.0 Å². The lowest BCUT2D eigenvalue weighted by Crippen LogP contribution is -2.43. The lowest BCUT2D eigenvalue weighted by Gasteiger charge is -2.20. The highest BCUT2D eigenvalue weighted by molar-refractivity contribution is 5.95. The number of likely N-dealkylation sites (N-methyl/N-ethyl adjacent to an activating group) is 1. The Morgan fingerprint density at radius 3 is 2.48 bits per heavy atom. The Labute approximate surface area is 156 Å². The largest absolute Gasteiger partial charge is 0.618 e. The van der Waals surface area contributed by atoms with E-state index in [9.17, 15) is 19.6 Å². The Balaban J connectivity index is 1.89. The third-order valence-corrected chi connectivity index (χ3v) is 3.76. The molecule has 0 saturated carbocycles. The number of carbonyl (C=O) groups is 3. The summed E-state index contributed by atoms with van der Waals surface area (Å²) < 4.78 is 5.39. The van der Waals surface area contributed by atoms with Crippen LogP contribution in [0.15, 0.2) is 48.7 Å². The number of aromatic nitrogens is 1. The summed E-state index contributed by atoms with van der Waals surface area (Å²) in [4.78, 5) is 37.5. The number of esters is 1. The molecule has 0 radical (unpaired) electrons. The molecule has 2 aromatic rings. The van der Waals surface area contributed by atoms with Gasteiger partial charge in [-0.05, 0) is 32.0 Å². The summed E-state index contributed by atoms with van der Waals surface area (Å²) in [7, 11) is 1.43. The van der Waals surface area contributed by atoms with E-state index >= 15 is 0 Å². The van der Waals surface area contributed by atoms with Crippen molar-refractivity contribution in [2.75, 3.05) is 18.9 Å². The van der Waals surface area contributed by atoms with Crippen LogP contribution in [0.5, 0.6) is 0 Å². The minimum absolute atomic E-state index is 0.207. The van der Waals surface area contributed by atoms with E-state index in [4.69, 9.17) is 4.74 Å². The van der Waals surface area contributed by atoms with Crippen LogP contribution in [-0.2, 0) is 14.3 Å². The van der Waals surface area contributed by atoms with E-state index in [1.807, 2.05) is 19.1 Å². The molecule has 1 heterocycles. The zero-order valence-corrected chi connectivity index (χ0v) is 15.3. The molecule has 2 amide bonds. The van der Waals surface area contributed by atoms with Gasteiger partial charge in [0.25, 0.3) is 5.91 Å². The van der Waals surface area contributed by atoms with E-state index in [0.717, 1.165) is 16.7 Å². The zero-order chi connectivity index (χ0) is 20.0. The molecule has 0 aliphatic rings. The normalized spacial score (nSPS) is 11.4. The van der Waals surface area contributed by atoms with E-state index in [1.165, 1.54) is 32.2 Å². The monoisotopic (exact) mass is 371 g/mol. The average molecular weight is 371 g/mol. The topological polar surface area (TPSA) is 103 Å². The van der Waals surface area contributed by atoms with Gasteiger partial charge in [0.1, 0.15) is 0 Å². The molecule has 142 valence electrons. The van der Waals surface area contributed by atoms with Crippen molar-refractivity contribution < 1.29 is 23.9 Å². The lowest BCUT2D eigenvalue weighted by molar-refractivity contribution is -0.608. The first-order valence-corrected chi connectivity index (χ1v) is 8.28. The van der Waals surface area contributed by atoms with Crippen LogP contribution in [0, 0.1) is 12.1 Å². The number of carbonyl (C=O) groups excluding carboxylic acids is 3. The second-order valence-electron chi connectivity index (χ2n) is 6.07. The van der Waals surface area contributed by atoms with E-state index in [2.05, 4.69) is 5.32 Å². The number of hydrogen-bond acceptors (Lipinski definition) is 5. The third kappa shape index (κ3) is 5.53. The van der Waals surface area contributed by atoms with Crippen LogP contribution in [0.3, 0.4) is 0 Å². The Morgan fingerprint density at radius 2 is 1.85 bits per heavy atom. The van der Waals surface area contributed by atoms with Gasteiger partial charge in [0.2, 0.25) is 5.91 Å². The Morgan fingerprint density at radius 1 is 1.19 bits per heavy atom. The summed E-state index contributed by atoms with van der Waals surface area (Å²) >= 11 is 0. The first-order valence-electron chi connectivity index (χ1n) is 8.28. The summed E-state index contributed by atoms with van der Waals surface area (Å²) in [5, 5.41) is 14.2. The number of anilines is 1. The molecule has 0 saturated heterocycles. The summed E-state index contributed by atoms with van der Waals surface area (Å²) in [6, 6.07) is 11.5. The van der Waals surface area contributed by atoms with Gasteiger partial charge in [-0.25, -0.2) is 4.79 Å². The number of nitrogens with zero attached hydrogens (tertiary/aromatic N) is 2. The number of nitrogens with one attached hydrogen (secondary N) is 1. The molecule has 0 spiro atoms. The molecule has 8 nitrogen and oxygen atoms in total. The van der Waals surface area contributed by atoms with Crippen molar-refractivity contribution in [1.29, 1.82) is 0 Å². The van der Waals surface area contributed by atoms with Crippen LogP contribution in [0.25, 0.3) is 0 Å². The van der Waals surface area contributed by atoms with Gasteiger partial charge >= 0.3 is 11.7 Å². The molecule has 0 fully saturated rings. The first-order chi connectivity index (χ1) is 12.8. The molecule has 0 aliphatic heterocycles. The number of rotatable bonds is 6. The van der Waals surface area contributed by atoms with Crippen LogP contribution in [0.1, 0.15) is 23.0 Å². The maximum atomic E-state index is 12.3. The fourth-order valence-electron chi connectivity index (χ4n) is 2.30. The predicted molar refractivity (Wildman–Crippen MR) is 97.7 cm³/mol. The molecule has 1 aromatic carbocycles. The van der Waals surface area contributed by atoms with E-state index < -0.39 is 18.0 Å². The van der Waals surface area contributed by atoms with Crippen LogP contribution in [-0.4, -0.2) is 42.4 Å². The standard InChI is InChI=1S/C19H21N3O5/c1-13-7-9-15(10-8-13)20-17(23)12-21(3)18(24)14(2)27-19(25)16-6-4-5-11-22(16)26/h4-11,14H,12H2,1-3H3,(H,20,23)/t14-/m0/s1. The minimum atomic E-state index is -1.14. The van der Waals surface area contributed by atoms with Gasteiger partial charge in [-0.3, -0.25) is 9.59 Å². The molecule has 1 aromatic heterocycles. The van der Waals surface area contributed by atoms with Crippen LogP contribution in [0.2, 0.25) is 0 Å². The van der Waals surface area contributed by atoms with Gasteiger partial charge in [-0.1, -0.05) is 17.7 Å².